The van der Waals surface area contributed by atoms with Crippen LogP contribution >= 0.6 is 22.6 Å². The van der Waals surface area contributed by atoms with Crippen LogP contribution in [0.4, 0.5) is 5.69 Å². The van der Waals surface area contributed by atoms with Gasteiger partial charge in [0.1, 0.15) is 6.54 Å². The Labute approximate surface area is 141 Å². The van der Waals surface area contributed by atoms with Crippen LogP contribution in [0.15, 0.2) is 36.4 Å². The zero-order valence-corrected chi connectivity index (χ0v) is 13.9. The van der Waals surface area contributed by atoms with E-state index in [1.165, 1.54) is 0 Å². The van der Waals surface area contributed by atoms with Crippen molar-refractivity contribution in [1.29, 1.82) is 0 Å². The Bertz CT molecular complexity index is 628. The molecular formula is C16H15IN2O3. The van der Waals surface area contributed by atoms with Gasteiger partial charge in [-0.3, -0.25) is 19.3 Å². The maximum Gasteiger partial charge on any atom is 0.244 e. The first-order valence-electron chi connectivity index (χ1n) is 7.12. The maximum absolute atomic E-state index is 12.3. The monoisotopic (exact) mass is 410 g/mol. The second kappa shape index (κ2) is 6.20. The molecular weight excluding hydrogens is 395 g/mol. The Morgan fingerprint density at radius 1 is 1.09 bits per heavy atom. The molecule has 0 aromatic heterocycles. The number of fused-ring (bicyclic) bond motifs is 1. The van der Waals surface area contributed by atoms with Crippen LogP contribution in [-0.4, -0.2) is 29.2 Å². The van der Waals surface area contributed by atoms with Gasteiger partial charge in [-0.2, -0.15) is 0 Å². The normalized spacial score (nSPS) is 23.6. The lowest BCUT2D eigenvalue weighted by Gasteiger charge is -2.14. The van der Waals surface area contributed by atoms with Crippen molar-refractivity contribution in [3.63, 3.8) is 0 Å². The molecule has 1 fully saturated rings. The number of likely N-dealkylation sites (tertiary alicyclic amines) is 1. The number of hydrogen-bond acceptors (Lipinski definition) is 3. The number of halogens is 1. The second-order valence-corrected chi connectivity index (χ2v) is 6.72. The summed E-state index contributed by atoms with van der Waals surface area (Å²) in [6, 6.07) is 7.33. The van der Waals surface area contributed by atoms with E-state index in [2.05, 4.69) is 27.9 Å². The van der Waals surface area contributed by atoms with Gasteiger partial charge in [-0.25, -0.2) is 0 Å². The predicted molar refractivity (Wildman–Crippen MR) is 89.9 cm³/mol. The molecule has 2 aliphatic rings. The van der Waals surface area contributed by atoms with Crippen LogP contribution in [0.25, 0.3) is 0 Å². The molecule has 1 N–H and O–H groups in total. The van der Waals surface area contributed by atoms with E-state index >= 15 is 0 Å². The van der Waals surface area contributed by atoms with Gasteiger partial charge in [0.15, 0.2) is 0 Å². The molecule has 0 radical (unpaired) electrons. The van der Waals surface area contributed by atoms with Gasteiger partial charge in [0.05, 0.1) is 11.8 Å². The highest BCUT2D eigenvalue weighted by molar-refractivity contribution is 14.1. The molecule has 0 bridgehead atoms. The Morgan fingerprint density at radius 2 is 1.64 bits per heavy atom. The number of allylic oxidation sites excluding steroid dienone is 2. The fraction of sp³-hybridized carbons (Fsp3) is 0.312. The summed E-state index contributed by atoms with van der Waals surface area (Å²) in [7, 11) is 0. The number of nitrogens with one attached hydrogen (secondary N) is 1. The third kappa shape index (κ3) is 2.92. The summed E-state index contributed by atoms with van der Waals surface area (Å²) < 4.78 is 1.07. The molecule has 3 amide bonds. The van der Waals surface area contributed by atoms with Crippen molar-refractivity contribution in [3.8, 4) is 0 Å². The fourth-order valence-electron chi connectivity index (χ4n) is 2.90. The molecule has 1 aromatic carbocycles. The summed E-state index contributed by atoms with van der Waals surface area (Å²) in [4.78, 5) is 37.7. The van der Waals surface area contributed by atoms with E-state index < -0.39 is 0 Å². The molecule has 3 rings (SSSR count). The number of rotatable bonds is 3. The number of amides is 3. The van der Waals surface area contributed by atoms with Crippen molar-refractivity contribution in [3.05, 3.63) is 40.0 Å². The van der Waals surface area contributed by atoms with Gasteiger partial charge in [-0.1, -0.05) is 12.2 Å². The summed E-state index contributed by atoms with van der Waals surface area (Å²) in [6.07, 6.45) is 5.04. The summed E-state index contributed by atoms with van der Waals surface area (Å²) in [6.45, 7) is -0.212. The first kappa shape index (κ1) is 15.2. The quantitative estimate of drug-likeness (QED) is 0.472. The summed E-state index contributed by atoms with van der Waals surface area (Å²) in [5.74, 6) is -1.38. The molecule has 6 heteroatoms. The zero-order valence-electron chi connectivity index (χ0n) is 11.8. The predicted octanol–water partition coefficient (Wildman–Crippen LogP) is 2.18. The van der Waals surface area contributed by atoms with Gasteiger partial charge in [-0.15, -0.1) is 0 Å². The molecule has 5 nitrogen and oxygen atoms in total. The molecule has 1 aliphatic heterocycles. The van der Waals surface area contributed by atoms with Crippen LogP contribution < -0.4 is 5.32 Å². The van der Waals surface area contributed by atoms with E-state index in [1.807, 2.05) is 24.3 Å². The first-order valence-corrected chi connectivity index (χ1v) is 8.20. The molecule has 2 atom stereocenters. The lowest BCUT2D eigenvalue weighted by molar-refractivity contribution is -0.142. The van der Waals surface area contributed by atoms with E-state index in [0.717, 1.165) is 8.47 Å². The Kier molecular flexibility index (Phi) is 4.28. The third-order valence-corrected chi connectivity index (χ3v) is 4.75. The molecule has 0 spiro atoms. The highest BCUT2D eigenvalue weighted by Crippen LogP contribution is 2.34. The minimum Gasteiger partial charge on any atom is -0.325 e. The van der Waals surface area contributed by atoms with E-state index in [1.54, 1.807) is 12.1 Å². The van der Waals surface area contributed by atoms with Crippen molar-refractivity contribution in [1.82, 2.24) is 4.90 Å². The third-order valence-electron chi connectivity index (χ3n) is 4.03. The molecule has 1 saturated heterocycles. The molecule has 22 heavy (non-hydrogen) atoms. The van der Waals surface area contributed by atoms with E-state index in [9.17, 15) is 14.4 Å². The topological polar surface area (TPSA) is 66.5 Å². The smallest absolute Gasteiger partial charge is 0.244 e. The number of benzene rings is 1. The second-order valence-electron chi connectivity index (χ2n) is 5.47. The lowest BCUT2D eigenvalue weighted by atomic mass is 9.85. The van der Waals surface area contributed by atoms with Gasteiger partial charge in [0, 0.05) is 9.26 Å². The number of hydrogen-bond donors (Lipinski definition) is 1. The minimum atomic E-state index is -0.352. The van der Waals surface area contributed by atoms with Crippen LogP contribution in [0.5, 0.6) is 0 Å². The first-order chi connectivity index (χ1) is 10.6. The number of carbonyl (C=O) groups excluding carboxylic acids is 3. The Morgan fingerprint density at radius 3 is 2.18 bits per heavy atom. The molecule has 0 saturated carbocycles. The summed E-state index contributed by atoms with van der Waals surface area (Å²) >= 11 is 2.18. The summed E-state index contributed by atoms with van der Waals surface area (Å²) in [5.41, 5.74) is 0.656. The largest absolute Gasteiger partial charge is 0.325 e. The average molecular weight is 410 g/mol. The Balaban J connectivity index is 1.65. The van der Waals surface area contributed by atoms with E-state index in [4.69, 9.17) is 0 Å². The van der Waals surface area contributed by atoms with Gasteiger partial charge in [0.2, 0.25) is 17.7 Å². The minimum absolute atomic E-state index is 0.212. The van der Waals surface area contributed by atoms with Gasteiger partial charge >= 0.3 is 0 Å². The van der Waals surface area contributed by atoms with Crippen LogP contribution in [0.3, 0.4) is 0 Å². The Hall–Kier alpha value is -1.70. The van der Waals surface area contributed by atoms with Crippen molar-refractivity contribution in [2.24, 2.45) is 11.8 Å². The van der Waals surface area contributed by atoms with Crippen molar-refractivity contribution in [2.45, 2.75) is 12.8 Å². The number of nitrogens with zero attached hydrogens (tertiary/aromatic N) is 1. The lowest BCUT2D eigenvalue weighted by Crippen LogP contribution is -2.38. The van der Waals surface area contributed by atoms with Crippen LogP contribution in [0.2, 0.25) is 0 Å². The van der Waals surface area contributed by atoms with Crippen LogP contribution in [0, 0.1) is 15.4 Å². The van der Waals surface area contributed by atoms with Gasteiger partial charge in [0.25, 0.3) is 0 Å². The van der Waals surface area contributed by atoms with Gasteiger partial charge < -0.3 is 5.32 Å². The van der Waals surface area contributed by atoms with Crippen molar-refractivity contribution >= 4 is 46.0 Å². The molecule has 1 heterocycles. The molecule has 114 valence electrons. The fourth-order valence-corrected chi connectivity index (χ4v) is 3.26. The maximum atomic E-state index is 12.3. The van der Waals surface area contributed by atoms with Crippen LogP contribution in [-0.2, 0) is 14.4 Å². The number of imide groups is 1. The van der Waals surface area contributed by atoms with Gasteiger partial charge in [-0.05, 0) is 59.7 Å². The summed E-state index contributed by atoms with van der Waals surface area (Å²) in [5, 5.41) is 2.71. The molecule has 1 aliphatic carbocycles. The highest BCUT2D eigenvalue weighted by atomic mass is 127. The molecule has 1 aromatic rings. The zero-order chi connectivity index (χ0) is 15.7. The number of anilines is 1. The standard InChI is InChI=1S/C16H15IN2O3/c17-10-5-7-11(8-6-10)18-14(20)9-19-15(21)12-3-1-2-4-13(12)16(19)22/h1-2,5-8,12-13H,3-4,9H2,(H,18,20)/t12-,13-/m1/s1. The van der Waals surface area contributed by atoms with Crippen molar-refractivity contribution < 1.29 is 14.4 Å². The highest BCUT2D eigenvalue weighted by Gasteiger charge is 2.47. The SMILES string of the molecule is O=C(CN1C(=O)[C@@H]2CC=CC[C@H]2C1=O)Nc1ccc(I)cc1. The van der Waals surface area contributed by atoms with Crippen molar-refractivity contribution in [2.75, 3.05) is 11.9 Å². The van der Waals surface area contributed by atoms with E-state index in [-0.39, 0.29) is 36.1 Å². The number of carbonyl (C=O) groups is 3. The molecule has 0 unspecified atom stereocenters. The van der Waals surface area contributed by atoms with E-state index in [0.29, 0.717) is 18.5 Å². The van der Waals surface area contributed by atoms with Crippen LogP contribution in [0.1, 0.15) is 12.8 Å². The average Bonchev–Trinajstić information content (AvgIpc) is 2.75.